The van der Waals surface area contributed by atoms with Gasteiger partial charge in [0.15, 0.2) is 0 Å². The summed E-state index contributed by atoms with van der Waals surface area (Å²) in [5.74, 6) is 0.718. The van der Waals surface area contributed by atoms with Gasteiger partial charge in [-0.25, -0.2) is 4.98 Å². The summed E-state index contributed by atoms with van der Waals surface area (Å²) in [5, 5.41) is 10.7. The molecule has 0 radical (unpaired) electrons. The zero-order valence-corrected chi connectivity index (χ0v) is 8.75. The van der Waals surface area contributed by atoms with Crippen LogP contribution >= 0.6 is 11.6 Å². The van der Waals surface area contributed by atoms with Crippen LogP contribution in [0.4, 0.5) is 0 Å². The van der Waals surface area contributed by atoms with Crippen LogP contribution in [-0.4, -0.2) is 12.1 Å². The molecule has 1 aromatic carbocycles. The van der Waals surface area contributed by atoms with Crippen LogP contribution in [0.3, 0.4) is 0 Å². The lowest BCUT2D eigenvalue weighted by atomic mass is 10.1. The van der Waals surface area contributed by atoms with Crippen LogP contribution in [0.5, 0.6) is 5.75 Å². The Morgan fingerprint density at radius 3 is 2.87 bits per heavy atom. The van der Waals surface area contributed by atoms with Gasteiger partial charge in [0.05, 0.1) is 7.11 Å². The molecule has 0 aliphatic rings. The zero-order valence-electron chi connectivity index (χ0n) is 7.99. The standard InChI is InChI=1S/C11H7ClN2O/c1-15-9-3-2-7-4-8(6-13)14-11(12)10(7)5-9/h2-5H,1H3. The Balaban J connectivity index is 2.75. The van der Waals surface area contributed by atoms with Gasteiger partial charge in [0, 0.05) is 5.39 Å². The number of fused-ring (bicyclic) bond motifs is 1. The molecule has 0 atom stereocenters. The molecule has 0 unspecified atom stereocenters. The highest BCUT2D eigenvalue weighted by atomic mass is 35.5. The van der Waals surface area contributed by atoms with E-state index >= 15 is 0 Å². The second kappa shape index (κ2) is 3.76. The minimum Gasteiger partial charge on any atom is -0.497 e. The van der Waals surface area contributed by atoms with Crippen LogP contribution in [0.15, 0.2) is 24.3 Å². The van der Waals surface area contributed by atoms with Crippen LogP contribution in [0.2, 0.25) is 5.15 Å². The first-order valence-corrected chi connectivity index (χ1v) is 4.67. The Morgan fingerprint density at radius 1 is 1.40 bits per heavy atom. The van der Waals surface area contributed by atoms with E-state index in [1.54, 1.807) is 19.2 Å². The van der Waals surface area contributed by atoms with Crippen molar-refractivity contribution in [1.82, 2.24) is 4.98 Å². The van der Waals surface area contributed by atoms with Crippen molar-refractivity contribution < 1.29 is 4.74 Å². The number of methoxy groups -OCH3 is 1. The number of nitrogens with zero attached hydrogens (tertiary/aromatic N) is 2. The van der Waals surface area contributed by atoms with Crippen molar-refractivity contribution >= 4 is 22.4 Å². The fourth-order valence-electron chi connectivity index (χ4n) is 1.37. The molecule has 0 aliphatic heterocycles. The highest BCUT2D eigenvalue weighted by Gasteiger charge is 2.04. The van der Waals surface area contributed by atoms with Crippen LogP contribution in [0.1, 0.15) is 5.69 Å². The largest absolute Gasteiger partial charge is 0.497 e. The Labute approximate surface area is 91.9 Å². The molecule has 74 valence electrons. The molecule has 1 aromatic heterocycles. The van der Waals surface area contributed by atoms with Crippen molar-refractivity contribution in [1.29, 1.82) is 5.26 Å². The molecule has 4 heteroatoms. The second-order valence-corrected chi connectivity index (χ2v) is 3.36. The molecule has 15 heavy (non-hydrogen) atoms. The van der Waals surface area contributed by atoms with Gasteiger partial charge in [-0.15, -0.1) is 0 Å². The van der Waals surface area contributed by atoms with Crippen molar-refractivity contribution in [2.24, 2.45) is 0 Å². The van der Waals surface area contributed by atoms with Crippen LogP contribution in [0, 0.1) is 11.3 Å². The van der Waals surface area contributed by atoms with E-state index in [0.29, 0.717) is 10.8 Å². The SMILES string of the molecule is COc1ccc2cc(C#N)nc(Cl)c2c1. The fraction of sp³-hybridized carbons (Fsp3) is 0.0909. The molecule has 0 aliphatic carbocycles. The van der Waals surface area contributed by atoms with Gasteiger partial charge in [-0.3, -0.25) is 0 Å². The molecule has 0 bridgehead atoms. The molecule has 3 nitrogen and oxygen atoms in total. The van der Waals surface area contributed by atoms with Gasteiger partial charge in [-0.2, -0.15) is 5.26 Å². The van der Waals surface area contributed by atoms with Gasteiger partial charge in [-0.05, 0) is 23.6 Å². The number of ether oxygens (including phenoxy) is 1. The molecule has 1 heterocycles. The molecule has 0 fully saturated rings. The maximum atomic E-state index is 8.73. The number of nitriles is 1. The summed E-state index contributed by atoms with van der Waals surface area (Å²) in [6.45, 7) is 0. The normalized spacial score (nSPS) is 9.93. The van der Waals surface area contributed by atoms with E-state index in [4.69, 9.17) is 21.6 Å². The fourth-order valence-corrected chi connectivity index (χ4v) is 1.62. The van der Waals surface area contributed by atoms with Gasteiger partial charge in [0.25, 0.3) is 0 Å². The van der Waals surface area contributed by atoms with Crippen molar-refractivity contribution in [3.63, 3.8) is 0 Å². The van der Waals surface area contributed by atoms with E-state index in [9.17, 15) is 0 Å². The highest BCUT2D eigenvalue weighted by molar-refractivity contribution is 6.34. The molecule has 2 aromatic rings. The summed E-state index contributed by atoms with van der Waals surface area (Å²) in [6.07, 6.45) is 0. The first-order chi connectivity index (χ1) is 7.24. The Bertz CT molecular complexity index is 560. The number of pyridine rings is 1. The van der Waals surface area contributed by atoms with E-state index in [1.165, 1.54) is 0 Å². The number of benzene rings is 1. The first-order valence-electron chi connectivity index (χ1n) is 4.29. The molecule has 0 N–H and O–H groups in total. The van der Waals surface area contributed by atoms with Crippen molar-refractivity contribution in [2.75, 3.05) is 7.11 Å². The van der Waals surface area contributed by atoms with E-state index in [2.05, 4.69) is 4.98 Å². The summed E-state index contributed by atoms with van der Waals surface area (Å²) in [5.41, 5.74) is 0.317. The monoisotopic (exact) mass is 218 g/mol. The lowest BCUT2D eigenvalue weighted by Gasteiger charge is -2.03. The third kappa shape index (κ3) is 1.72. The van der Waals surface area contributed by atoms with Crippen LogP contribution in [0.25, 0.3) is 10.8 Å². The summed E-state index contributed by atoms with van der Waals surface area (Å²) in [6, 6.07) is 9.12. The lowest BCUT2D eigenvalue weighted by molar-refractivity contribution is 0.415. The topological polar surface area (TPSA) is 45.9 Å². The average Bonchev–Trinajstić information content (AvgIpc) is 2.28. The molecular formula is C11H7ClN2O. The van der Waals surface area contributed by atoms with Crippen LogP contribution < -0.4 is 4.74 Å². The third-order valence-electron chi connectivity index (χ3n) is 2.11. The molecule has 0 saturated carbocycles. The zero-order chi connectivity index (χ0) is 10.8. The molecule has 0 saturated heterocycles. The second-order valence-electron chi connectivity index (χ2n) is 3.00. The minimum atomic E-state index is 0.317. The number of hydrogen-bond acceptors (Lipinski definition) is 3. The number of hydrogen-bond donors (Lipinski definition) is 0. The Hall–Kier alpha value is -1.79. The lowest BCUT2D eigenvalue weighted by Crippen LogP contribution is -1.87. The predicted octanol–water partition coefficient (Wildman–Crippen LogP) is 2.77. The van der Waals surface area contributed by atoms with Gasteiger partial charge >= 0.3 is 0 Å². The van der Waals surface area contributed by atoms with Crippen molar-refractivity contribution in [3.8, 4) is 11.8 Å². The molecule has 0 amide bonds. The number of halogens is 1. The van der Waals surface area contributed by atoms with Gasteiger partial charge in [0.1, 0.15) is 22.7 Å². The smallest absolute Gasteiger partial charge is 0.142 e. The van der Waals surface area contributed by atoms with Crippen LogP contribution in [-0.2, 0) is 0 Å². The van der Waals surface area contributed by atoms with E-state index in [-0.39, 0.29) is 0 Å². The summed E-state index contributed by atoms with van der Waals surface area (Å²) >= 11 is 5.95. The molecule has 2 rings (SSSR count). The van der Waals surface area contributed by atoms with Gasteiger partial charge in [-0.1, -0.05) is 17.7 Å². The van der Waals surface area contributed by atoms with Gasteiger partial charge < -0.3 is 4.74 Å². The van der Waals surface area contributed by atoms with Gasteiger partial charge in [0.2, 0.25) is 0 Å². The molecular weight excluding hydrogens is 212 g/mol. The first kappa shape index (κ1) is 9.75. The Morgan fingerprint density at radius 2 is 2.20 bits per heavy atom. The minimum absolute atomic E-state index is 0.317. The number of aromatic nitrogens is 1. The highest BCUT2D eigenvalue weighted by Crippen LogP contribution is 2.26. The summed E-state index contributed by atoms with van der Waals surface area (Å²) < 4.78 is 5.08. The maximum Gasteiger partial charge on any atom is 0.142 e. The molecule has 0 spiro atoms. The third-order valence-corrected chi connectivity index (χ3v) is 2.40. The van der Waals surface area contributed by atoms with Crippen molar-refractivity contribution in [2.45, 2.75) is 0 Å². The van der Waals surface area contributed by atoms with E-state index in [1.807, 2.05) is 18.2 Å². The predicted molar refractivity (Wildman–Crippen MR) is 58.0 cm³/mol. The quantitative estimate of drug-likeness (QED) is 0.692. The number of rotatable bonds is 1. The summed E-state index contributed by atoms with van der Waals surface area (Å²) in [7, 11) is 1.59. The van der Waals surface area contributed by atoms with E-state index in [0.717, 1.165) is 16.5 Å². The van der Waals surface area contributed by atoms with Crippen molar-refractivity contribution in [3.05, 3.63) is 35.1 Å². The maximum absolute atomic E-state index is 8.73. The van der Waals surface area contributed by atoms with E-state index < -0.39 is 0 Å². The average molecular weight is 219 g/mol. The summed E-state index contributed by atoms with van der Waals surface area (Å²) in [4.78, 5) is 3.94. The Kier molecular flexibility index (Phi) is 2.44.